The summed E-state index contributed by atoms with van der Waals surface area (Å²) in [7, 11) is 0. The van der Waals surface area contributed by atoms with Crippen molar-refractivity contribution in [3.8, 4) is 17.2 Å². The van der Waals surface area contributed by atoms with Gasteiger partial charge >= 0.3 is 0 Å². The minimum absolute atomic E-state index is 0.0323. The maximum atomic E-state index is 10.8. The van der Waals surface area contributed by atoms with Gasteiger partial charge in [0.2, 0.25) is 0 Å². The first-order chi connectivity index (χ1) is 8.97. The fourth-order valence-corrected chi connectivity index (χ4v) is 1.97. The first-order valence-corrected chi connectivity index (χ1v) is 6.18. The van der Waals surface area contributed by atoms with Gasteiger partial charge in [0.15, 0.2) is 0 Å². The number of nitro benzene ring substituents is 1. The van der Waals surface area contributed by atoms with Crippen LogP contribution in [-0.2, 0) is 0 Å². The summed E-state index contributed by atoms with van der Waals surface area (Å²) in [5.41, 5.74) is 0.548. The molecule has 0 radical (unpaired) electrons. The quantitative estimate of drug-likeness (QED) is 0.679. The van der Waals surface area contributed by atoms with Gasteiger partial charge in [-0.05, 0) is 53.2 Å². The standard InChI is InChI=1S/C13H10BrNO4/c1-8-6-13(11(14)7-12(8)15(17)18)19-10-4-2-9(16)3-5-10/h2-7,16H,1H3. The SMILES string of the molecule is Cc1cc(Oc2ccc(O)cc2)c(Br)cc1[N+](=O)[O-]. The van der Waals surface area contributed by atoms with Crippen LogP contribution in [0.3, 0.4) is 0 Å². The second kappa shape index (κ2) is 5.27. The van der Waals surface area contributed by atoms with Crippen LogP contribution in [-0.4, -0.2) is 10.0 Å². The Morgan fingerprint density at radius 1 is 1.26 bits per heavy atom. The van der Waals surface area contributed by atoms with Crippen molar-refractivity contribution in [1.29, 1.82) is 0 Å². The van der Waals surface area contributed by atoms with Gasteiger partial charge in [0, 0.05) is 11.6 Å². The summed E-state index contributed by atoms with van der Waals surface area (Å²) in [5, 5.41) is 20.0. The first kappa shape index (κ1) is 13.4. The van der Waals surface area contributed by atoms with Crippen LogP contribution in [0.1, 0.15) is 5.56 Å². The summed E-state index contributed by atoms with van der Waals surface area (Å²) in [5.74, 6) is 1.16. The van der Waals surface area contributed by atoms with Gasteiger partial charge in [-0.2, -0.15) is 0 Å². The van der Waals surface area contributed by atoms with Crippen molar-refractivity contribution in [2.24, 2.45) is 0 Å². The van der Waals surface area contributed by atoms with Crippen molar-refractivity contribution in [2.45, 2.75) is 6.92 Å². The van der Waals surface area contributed by atoms with Gasteiger partial charge in [-0.1, -0.05) is 0 Å². The maximum Gasteiger partial charge on any atom is 0.273 e. The monoisotopic (exact) mass is 323 g/mol. The van der Waals surface area contributed by atoms with E-state index in [2.05, 4.69) is 15.9 Å². The van der Waals surface area contributed by atoms with Crippen molar-refractivity contribution >= 4 is 21.6 Å². The number of hydrogen-bond acceptors (Lipinski definition) is 4. The van der Waals surface area contributed by atoms with Gasteiger partial charge in [0.1, 0.15) is 17.2 Å². The number of benzene rings is 2. The molecule has 0 aliphatic carbocycles. The number of nitrogens with zero attached hydrogens (tertiary/aromatic N) is 1. The number of ether oxygens (including phenoxy) is 1. The molecule has 0 saturated heterocycles. The zero-order valence-electron chi connectivity index (χ0n) is 9.96. The number of phenolic OH excluding ortho intramolecular Hbond substituents is 1. The molecule has 2 aromatic carbocycles. The van der Waals surface area contributed by atoms with E-state index < -0.39 is 4.92 Å². The molecule has 0 spiro atoms. The first-order valence-electron chi connectivity index (χ1n) is 5.39. The average Bonchev–Trinajstić information content (AvgIpc) is 2.35. The van der Waals surface area contributed by atoms with Crippen molar-refractivity contribution < 1.29 is 14.8 Å². The van der Waals surface area contributed by atoms with E-state index in [-0.39, 0.29) is 11.4 Å². The number of phenols is 1. The molecule has 0 fully saturated rings. The van der Waals surface area contributed by atoms with Gasteiger partial charge < -0.3 is 9.84 Å². The lowest BCUT2D eigenvalue weighted by Gasteiger charge is -2.09. The Labute approximate surface area is 117 Å². The second-order valence-electron chi connectivity index (χ2n) is 3.92. The molecule has 0 saturated carbocycles. The van der Waals surface area contributed by atoms with Crippen LogP contribution in [0, 0.1) is 17.0 Å². The van der Waals surface area contributed by atoms with Crippen LogP contribution in [0.25, 0.3) is 0 Å². The second-order valence-corrected chi connectivity index (χ2v) is 4.78. The largest absolute Gasteiger partial charge is 0.508 e. The number of hydrogen-bond donors (Lipinski definition) is 1. The number of nitro groups is 1. The molecule has 0 amide bonds. The molecule has 0 aliphatic heterocycles. The molecule has 0 aliphatic rings. The summed E-state index contributed by atoms with van der Waals surface area (Å²) in [6, 6.07) is 9.22. The minimum atomic E-state index is -0.440. The molecule has 19 heavy (non-hydrogen) atoms. The molecule has 6 heteroatoms. The van der Waals surface area contributed by atoms with Crippen LogP contribution >= 0.6 is 15.9 Å². The molecule has 2 rings (SSSR count). The Morgan fingerprint density at radius 3 is 2.47 bits per heavy atom. The van der Waals surface area contributed by atoms with E-state index >= 15 is 0 Å². The van der Waals surface area contributed by atoms with Gasteiger partial charge in [-0.15, -0.1) is 0 Å². The van der Waals surface area contributed by atoms with E-state index in [1.165, 1.54) is 18.2 Å². The molecule has 2 aromatic rings. The molecule has 0 unspecified atom stereocenters. The maximum absolute atomic E-state index is 10.8. The third kappa shape index (κ3) is 3.03. The Bertz CT molecular complexity index is 625. The number of halogens is 1. The van der Waals surface area contributed by atoms with Crippen LogP contribution in [0.4, 0.5) is 5.69 Å². The zero-order chi connectivity index (χ0) is 14.0. The predicted octanol–water partition coefficient (Wildman–Crippen LogP) is 4.16. The van der Waals surface area contributed by atoms with Gasteiger partial charge in [0.25, 0.3) is 5.69 Å². The van der Waals surface area contributed by atoms with E-state index in [0.717, 1.165) is 0 Å². The minimum Gasteiger partial charge on any atom is -0.508 e. The fraction of sp³-hybridized carbons (Fsp3) is 0.0769. The highest BCUT2D eigenvalue weighted by atomic mass is 79.9. The lowest BCUT2D eigenvalue weighted by molar-refractivity contribution is -0.385. The highest BCUT2D eigenvalue weighted by Gasteiger charge is 2.15. The molecular formula is C13H10BrNO4. The third-order valence-corrected chi connectivity index (χ3v) is 3.13. The topological polar surface area (TPSA) is 72.6 Å². The van der Waals surface area contributed by atoms with Gasteiger partial charge in [-0.25, -0.2) is 0 Å². The molecular weight excluding hydrogens is 314 g/mol. The van der Waals surface area contributed by atoms with Crippen LogP contribution in [0.2, 0.25) is 0 Å². The zero-order valence-corrected chi connectivity index (χ0v) is 11.5. The third-order valence-electron chi connectivity index (χ3n) is 2.51. The lowest BCUT2D eigenvalue weighted by Crippen LogP contribution is -1.93. The fourth-order valence-electron chi connectivity index (χ4n) is 1.56. The van der Waals surface area contributed by atoms with Crippen molar-refractivity contribution in [2.75, 3.05) is 0 Å². The van der Waals surface area contributed by atoms with Gasteiger partial charge in [0.05, 0.1) is 9.40 Å². The number of rotatable bonds is 3. The summed E-state index contributed by atoms with van der Waals surface area (Å²) in [6.07, 6.45) is 0. The molecule has 98 valence electrons. The Hall–Kier alpha value is -2.08. The molecule has 5 nitrogen and oxygen atoms in total. The summed E-state index contributed by atoms with van der Waals surface area (Å²) in [4.78, 5) is 10.4. The molecule has 0 heterocycles. The Balaban J connectivity index is 2.33. The Morgan fingerprint density at radius 2 is 1.89 bits per heavy atom. The summed E-state index contributed by atoms with van der Waals surface area (Å²) in [6.45, 7) is 1.65. The molecule has 0 bridgehead atoms. The highest BCUT2D eigenvalue weighted by Crippen LogP contribution is 2.35. The van der Waals surface area contributed by atoms with Crippen LogP contribution < -0.4 is 4.74 Å². The molecule has 0 aromatic heterocycles. The van der Waals surface area contributed by atoms with Crippen LogP contribution in [0.5, 0.6) is 17.2 Å². The predicted molar refractivity (Wildman–Crippen MR) is 73.7 cm³/mol. The number of aromatic hydroxyl groups is 1. The molecule has 1 N–H and O–H groups in total. The normalized spacial score (nSPS) is 10.2. The van der Waals surface area contributed by atoms with Crippen molar-refractivity contribution in [3.05, 3.63) is 56.5 Å². The van der Waals surface area contributed by atoms with E-state index in [0.29, 0.717) is 21.5 Å². The van der Waals surface area contributed by atoms with E-state index in [1.54, 1.807) is 25.1 Å². The van der Waals surface area contributed by atoms with E-state index in [4.69, 9.17) is 4.74 Å². The molecule has 0 atom stereocenters. The summed E-state index contributed by atoms with van der Waals surface area (Å²) < 4.78 is 6.10. The Kier molecular flexibility index (Phi) is 3.71. The van der Waals surface area contributed by atoms with E-state index in [1.807, 2.05) is 0 Å². The number of aryl methyl sites for hydroxylation is 1. The van der Waals surface area contributed by atoms with Crippen molar-refractivity contribution in [3.63, 3.8) is 0 Å². The van der Waals surface area contributed by atoms with E-state index in [9.17, 15) is 15.2 Å². The summed E-state index contributed by atoms with van der Waals surface area (Å²) >= 11 is 3.24. The highest BCUT2D eigenvalue weighted by molar-refractivity contribution is 9.10. The van der Waals surface area contributed by atoms with Gasteiger partial charge in [-0.3, -0.25) is 10.1 Å². The smallest absolute Gasteiger partial charge is 0.273 e. The lowest BCUT2D eigenvalue weighted by atomic mass is 10.2. The average molecular weight is 324 g/mol. The van der Waals surface area contributed by atoms with Crippen molar-refractivity contribution in [1.82, 2.24) is 0 Å². The van der Waals surface area contributed by atoms with Crippen LogP contribution in [0.15, 0.2) is 40.9 Å².